The summed E-state index contributed by atoms with van der Waals surface area (Å²) in [7, 11) is 0. The first kappa shape index (κ1) is 14.2. The van der Waals surface area contributed by atoms with Crippen LogP contribution in [0, 0.1) is 0 Å². The number of aromatic nitrogens is 2. The molecule has 116 valence electrons. The summed E-state index contributed by atoms with van der Waals surface area (Å²) in [6, 6.07) is 12.5. The Kier molecular flexibility index (Phi) is 3.90. The lowest BCUT2D eigenvalue weighted by atomic mass is 10.00. The van der Waals surface area contributed by atoms with Gasteiger partial charge < -0.3 is 10.1 Å². The molecule has 4 heteroatoms. The second-order valence-electron chi connectivity index (χ2n) is 5.91. The maximum absolute atomic E-state index is 5.48. The van der Waals surface area contributed by atoms with Crippen molar-refractivity contribution in [2.45, 2.75) is 18.9 Å². The quantitative estimate of drug-likeness (QED) is 0.797. The molecule has 1 unspecified atom stereocenters. The van der Waals surface area contributed by atoms with Crippen LogP contribution >= 0.6 is 0 Å². The molecule has 0 bridgehead atoms. The summed E-state index contributed by atoms with van der Waals surface area (Å²) in [5.41, 5.74) is 2.48. The van der Waals surface area contributed by atoms with Gasteiger partial charge in [-0.1, -0.05) is 24.3 Å². The van der Waals surface area contributed by atoms with Gasteiger partial charge in [-0.2, -0.15) is 0 Å². The standard InChI is InChI=1S/C19H19N3O/c1-2-4-18-15(3-1)10-20-11-17(18)12-22-19-9-14(5-7-21-19)16-6-8-23-13-16/h1-5,7,9-11,16H,6,8,12-13H2,(H,21,22). The number of hydrogen-bond acceptors (Lipinski definition) is 4. The Balaban J connectivity index is 1.53. The van der Waals surface area contributed by atoms with Crippen LogP contribution in [-0.4, -0.2) is 23.2 Å². The minimum Gasteiger partial charge on any atom is -0.381 e. The van der Waals surface area contributed by atoms with Crippen LogP contribution < -0.4 is 5.32 Å². The van der Waals surface area contributed by atoms with Gasteiger partial charge in [-0.15, -0.1) is 0 Å². The summed E-state index contributed by atoms with van der Waals surface area (Å²) in [4.78, 5) is 8.76. The number of pyridine rings is 2. The fourth-order valence-electron chi connectivity index (χ4n) is 3.10. The minimum absolute atomic E-state index is 0.498. The van der Waals surface area contributed by atoms with Gasteiger partial charge in [0.2, 0.25) is 0 Å². The van der Waals surface area contributed by atoms with Gasteiger partial charge in [-0.25, -0.2) is 4.98 Å². The topological polar surface area (TPSA) is 47.0 Å². The van der Waals surface area contributed by atoms with Crippen molar-refractivity contribution in [2.24, 2.45) is 0 Å². The van der Waals surface area contributed by atoms with E-state index < -0.39 is 0 Å². The number of benzene rings is 1. The molecule has 0 amide bonds. The number of hydrogen-bond donors (Lipinski definition) is 1. The van der Waals surface area contributed by atoms with E-state index in [9.17, 15) is 0 Å². The highest BCUT2D eigenvalue weighted by atomic mass is 16.5. The molecule has 3 heterocycles. The van der Waals surface area contributed by atoms with E-state index in [-0.39, 0.29) is 0 Å². The highest BCUT2D eigenvalue weighted by Gasteiger charge is 2.18. The highest BCUT2D eigenvalue weighted by molar-refractivity contribution is 5.84. The fourth-order valence-corrected chi connectivity index (χ4v) is 3.10. The lowest BCUT2D eigenvalue weighted by molar-refractivity contribution is 0.194. The number of ether oxygens (including phenoxy) is 1. The van der Waals surface area contributed by atoms with Crippen molar-refractivity contribution in [3.63, 3.8) is 0 Å². The molecule has 1 aliphatic rings. The average molecular weight is 305 g/mol. The fraction of sp³-hybridized carbons (Fsp3) is 0.263. The summed E-state index contributed by atoms with van der Waals surface area (Å²) in [6.07, 6.45) is 6.79. The summed E-state index contributed by atoms with van der Waals surface area (Å²) in [5, 5.41) is 5.82. The molecule has 4 nitrogen and oxygen atoms in total. The molecule has 4 rings (SSSR count). The normalized spacial score (nSPS) is 17.5. The Hall–Kier alpha value is -2.46. The number of fused-ring (bicyclic) bond motifs is 1. The SMILES string of the molecule is c1ccc2c(CNc3cc(C4CCOC4)ccn3)cncc2c1. The first-order chi connectivity index (χ1) is 11.4. The van der Waals surface area contributed by atoms with Crippen molar-refractivity contribution >= 4 is 16.6 Å². The van der Waals surface area contributed by atoms with E-state index in [1.165, 1.54) is 16.5 Å². The summed E-state index contributed by atoms with van der Waals surface area (Å²) in [6.45, 7) is 2.39. The first-order valence-electron chi connectivity index (χ1n) is 7.99. The molecule has 1 N–H and O–H groups in total. The molecule has 23 heavy (non-hydrogen) atoms. The molecule has 1 fully saturated rings. The van der Waals surface area contributed by atoms with Crippen LogP contribution in [0.4, 0.5) is 5.82 Å². The van der Waals surface area contributed by atoms with Crippen molar-refractivity contribution < 1.29 is 4.74 Å². The van der Waals surface area contributed by atoms with Crippen LogP contribution in [-0.2, 0) is 11.3 Å². The lowest BCUT2D eigenvalue weighted by Crippen LogP contribution is -2.04. The minimum atomic E-state index is 0.498. The third-order valence-electron chi connectivity index (χ3n) is 4.40. The maximum Gasteiger partial charge on any atom is 0.126 e. The Morgan fingerprint density at radius 1 is 1.17 bits per heavy atom. The van der Waals surface area contributed by atoms with E-state index in [0.29, 0.717) is 12.5 Å². The second-order valence-corrected chi connectivity index (χ2v) is 5.91. The van der Waals surface area contributed by atoms with E-state index >= 15 is 0 Å². The van der Waals surface area contributed by atoms with Gasteiger partial charge in [0, 0.05) is 43.0 Å². The zero-order valence-electron chi connectivity index (χ0n) is 12.9. The van der Waals surface area contributed by atoms with E-state index in [1.807, 2.05) is 24.7 Å². The van der Waals surface area contributed by atoms with Gasteiger partial charge in [-0.3, -0.25) is 4.98 Å². The van der Waals surface area contributed by atoms with Gasteiger partial charge in [-0.05, 0) is 35.1 Å². The molecule has 0 saturated carbocycles. The third kappa shape index (κ3) is 3.03. The number of anilines is 1. The summed E-state index contributed by atoms with van der Waals surface area (Å²) < 4.78 is 5.48. The molecule has 0 aliphatic carbocycles. The monoisotopic (exact) mass is 305 g/mol. The van der Waals surface area contributed by atoms with E-state index in [4.69, 9.17) is 4.74 Å². The van der Waals surface area contributed by atoms with Crippen molar-refractivity contribution in [1.82, 2.24) is 9.97 Å². The Bertz CT molecular complexity index is 807. The predicted octanol–water partition coefficient (Wildman–Crippen LogP) is 3.75. The molecule has 2 aromatic heterocycles. The smallest absolute Gasteiger partial charge is 0.126 e. The molecule has 1 atom stereocenters. The van der Waals surface area contributed by atoms with Crippen LogP contribution in [0.2, 0.25) is 0 Å². The van der Waals surface area contributed by atoms with Crippen LogP contribution in [0.1, 0.15) is 23.5 Å². The Morgan fingerprint density at radius 2 is 2.13 bits per heavy atom. The average Bonchev–Trinajstić information content (AvgIpc) is 3.15. The zero-order valence-corrected chi connectivity index (χ0v) is 12.9. The van der Waals surface area contributed by atoms with E-state index in [2.05, 4.69) is 45.6 Å². The van der Waals surface area contributed by atoms with E-state index in [1.54, 1.807) is 0 Å². The third-order valence-corrected chi connectivity index (χ3v) is 4.40. The van der Waals surface area contributed by atoms with Gasteiger partial charge in [0.1, 0.15) is 5.82 Å². The van der Waals surface area contributed by atoms with Gasteiger partial charge >= 0.3 is 0 Å². The van der Waals surface area contributed by atoms with Crippen molar-refractivity contribution in [3.05, 3.63) is 66.1 Å². The van der Waals surface area contributed by atoms with Crippen molar-refractivity contribution in [1.29, 1.82) is 0 Å². The summed E-state index contributed by atoms with van der Waals surface area (Å²) in [5.74, 6) is 1.40. The Morgan fingerprint density at radius 3 is 3.04 bits per heavy atom. The molecular formula is C19H19N3O. The zero-order chi connectivity index (χ0) is 15.5. The van der Waals surface area contributed by atoms with Crippen LogP contribution in [0.3, 0.4) is 0 Å². The van der Waals surface area contributed by atoms with Crippen LogP contribution in [0.15, 0.2) is 55.0 Å². The lowest BCUT2D eigenvalue weighted by Gasteiger charge is -2.11. The van der Waals surface area contributed by atoms with Crippen LogP contribution in [0.5, 0.6) is 0 Å². The second kappa shape index (κ2) is 6.34. The number of rotatable bonds is 4. The Labute approximate surface area is 135 Å². The first-order valence-corrected chi connectivity index (χ1v) is 7.99. The molecule has 0 radical (unpaired) electrons. The molecule has 1 aliphatic heterocycles. The molecule has 0 spiro atoms. The number of nitrogens with one attached hydrogen (secondary N) is 1. The largest absolute Gasteiger partial charge is 0.381 e. The maximum atomic E-state index is 5.48. The van der Waals surface area contributed by atoms with Gasteiger partial charge in [0.05, 0.1) is 6.61 Å². The molecule has 1 saturated heterocycles. The number of nitrogens with zero attached hydrogens (tertiary/aromatic N) is 2. The predicted molar refractivity (Wildman–Crippen MR) is 91.5 cm³/mol. The van der Waals surface area contributed by atoms with Crippen molar-refractivity contribution in [2.75, 3.05) is 18.5 Å². The molecular weight excluding hydrogens is 286 g/mol. The molecule has 1 aromatic carbocycles. The van der Waals surface area contributed by atoms with Crippen molar-refractivity contribution in [3.8, 4) is 0 Å². The highest BCUT2D eigenvalue weighted by Crippen LogP contribution is 2.26. The summed E-state index contributed by atoms with van der Waals surface area (Å²) >= 11 is 0. The van der Waals surface area contributed by atoms with Crippen LogP contribution in [0.25, 0.3) is 10.8 Å². The molecule has 3 aromatic rings. The van der Waals surface area contributed by atoms with Gasteiger partial charge in [0.25, 0.3) is 0 Å². The van der Waals surface area contributed by atoms with Gasteiger partial charge in [0.15, 0.2) is 0 Å². The van der Waals surface area contributed by atoms with E-state index in [0.717, 1.165) is 30.8 Å².